The third-order valence-corrected chi connectivity index (χ3v) is 4.83. The quantitative estimate of drug-likeness (QED) is 0.331. The molecule has 0 radical (unpaired) electrons. The molecule has 0 fully saturated rings. The van der Waals surface area contributed by atoms with Crippen molar-refractivity contribution in [3.8, 4) is 0 Å². The second-order valence-corrected chi connectivity index (χ2v) is 7.20. The number of esters is 1. The number of benzene rings is 2. The van der Waals surface area contributed by atoms with Gasteiger partial charge in [0.25, 0.3) is 11.6 Å². The van der Waals surface area contributed by atoms with Gasteiger partial charge in [-0.2, -0.15) is 0 Å². The molecule has 1 atom stereocenters. The Morgan fingerprint density at radius 1 is 1.12 bits per heavy atom. The summed E-state index contributed by atoms with van der Waals surface area (Å²) in [6.07, 6.45) is -1.39. The van der Waals surface area contributed by atoms with Gasteiger partial charge in [-0.25, -0.2) is 9.59 Å². The summed E-state index contributed by atoms with van der Waals surface area (Å²) in [6, 6.07) is 13.1. The summed E-state index contributed by atoms with van der Waals surface area (Å²) in [5.41, 5.74) is -0.165. The zero-order valence-corrected chi connectivity index (χ0v) is 17.7. The van der Waals surface area contributed by atoms with Crippen molar-refractivity contribution in [2.75, 3.05) is 5.32 Å². The van der Waals surface area contributed by atoms with Crippen LogP contribution in [0, 0.1) is 24.0 Å². The number of carbonyl (C=O) groups is 2. The van der Waals surface area contributed by atoms with Gasteiger partial charge in [0.1, 0.15) is 16.3 Å². The van der Waals surface area contributed by atoms with Crippen molar-refractivity contribution < 1.29 is 23.7 Å². The number of aryl methyl sites for hydroxylation is 2. The third kappa shape index (κ3) is 5.01. The van der Waals surface area contributed by atoms with Crippen LogP contribution in [0.15, 0.2) is 63.8 Å². The average Bonchev–Trinajstić information content (AvgIpc) is 2.73. The van der Waals surface area contributed by atoms with Crippen molar-refractivity contribution in [2.45, 2.75) is 20.0 Å². The van der Waals surface area contributed by atoms with Crippen molar-refractivity contribution in [1.82, 2.24) is 0 Å². The molecule has 3 aromatic rings. The zero-order valence-electron chi connectivity index (χ0n) is 17.0. The number of carbonyl (C=O) groups excluding carboxylic acids is 2. The highest BCUT2D eigenvalue weighted by atomic mass is 35.5. The Hall–Kier alpha value is -3.98. The van der Waals surface area contributed by atoms with Crippen LogP contribution in [0.5, 0.6) is 0 Å². The fraction of sp³-hybridized carbons (Fsp3) is 0.136. The fourth-order valence-corrected chi connectivity index (χ4v) is 3.25. The summed E-state index contributed by atoms with van der Waals surface area (Å²) in [7, 11) is 0. The number of halogens is 1. The molecule has 32 heavy (non-hydrogen) atoms. The minimum Gasteiger partial charge on any atom is -0.444 e. The summed E-state index contributed by atoms with van der Waals surface area (Å²) in [5, 5.41) is 13.5. The molecule has 0 aliphatic rings. The van der Waals surface area contributed by atoms with Crippen LogP contribution in [0.1, 0.15) is 33.3 Å². The number of nitro benzene ring substituents is 1. The maximum Gasteiger partial charge on any atom is 0.342 e. The van der Waals surface area contributed by atoms with E-state index in [1.807, 2.05) is 0 Å². The summed E-state index contributed by atoms with van der Waals surface area (Å²) < 4.78 is 10.5. The van der Waals surface area contributed by atoms with E-state index in [0.29, 0.717) is 11.1 Å². The van der Waals surface area contributed by atoms with E-state index < -0.39 is 28.5 Å². The molecule has 2 aromatic carbocycles. The van der Waals surface area contributed by atoms with Crippen molar-refractivity contribution in [3.05, 3.63) is 103 Å². The average molecular weight is 457 g/mol. The highest BCUT2D eigenvalue weighted by molar-refractivity contribution is 6.32. The molecular weight excluding hydrogens is 440 g/mol. The molecule has 0 aliphatic carbocycles. The second-order valence-electron chi connectivity index (χ2n) is 6.79. The first-order valence-corrected chi connectivity index (χ1v) is 9.67. The van der Waals surface area contributed by atoms with Crippen LogP contribution < -0.4 is 10.9 Å². The van der Waals surface area contributed by atoms with Crippen molar-refractivity contribution in [1.29, 1.82) is 0 Å². The van der Waals surface area contributed by atoms with Gasteiger partial charge in [0.15, 0.2) is 0 Å². The van der Waals surface area contributed by atoms with E-state index in [-0.39, 0.29) is 27.7 Å². The molecule has 10 heteroatoms. The molecule has 1 aromatic heterocycles. The lowest BCUT2D eigenvalue weighted by Crippen LogP contribution is -2.26. The van der Waals surface area contributed by atoms with Crippen LogP contribution in [0.2, 0.25) is 5.02 Å². The molecule has 0 spiro atoms. The molecule has 1 unspecified atom stereocenters. The van der Waals surface area contributed by atoms with Crippen molar-refractivity contribution in [2.24, 2.45) is 0 Å². The number of anilines is 1. The first-order chi connectivity index (χ1) is 15.2. The Morgan fingerprint density at radius 2 is 1.81 bits per heavy atom. The minimum atomic E-state index is -1.39. The number of nitro groups is 1. The number of hydrogen-bond donors (Lipinski definition) is 1. The maximum absolute atomic E-state index is 13.0. The largest absolute Gasteiger partial charge is 0.444 e. The predicted octanol–water partition coefficient (Wildman–Crippen LogP) is 4.36. The van der Waals surface area contributed by atoms with Crippen LogP contribution in [0.4, 0.5) is 11.4 Å². The van der Waals surface area contributed by atoms with Gasteiger partial charge in [0.2, 0.25) is 6.10 Å². The van der Waals surface area contributed by atoms with E-state index in [0.717, 1.165) is 12.1 Å². The molecule has 164 valence electrons. The Balaban J connectivity index is 1.93. The van der Waals surface area contributed by atoms with E-state index >= 15 is 0 Å². The van der Waals surface area contributed by atoms with Crippen molar-refractivity contribution >= 4 is 34.9 Å². The Kier molecular flexibility index (Phi) is 6.70. The Bertz CT molecular complexity index is 1230. The van der Waals surface area contributed by atoms with E-state index in [2.05, 4.69) is 5.32 Å². The molecule has 0 aliphatic heterocycles. The normalized spacial score (nSPS) is 11.5. The number of hydrogen-bond acceptors (Lipinski definition) is 7. The number of rotatable bonds is 6. The topological polar surface area (TPSA) is 129 Å². The SMILES string of the molecule is Cc1cc(=O)oc(C)c1C(=O)OC(C(=O)Nc1ccc(Cl)c([N+](=O)[O-])c1)c1ccccc1. The molecule has 3 rings (SSSR count). The lowest BCUT2D eigenvalue weighted by molar-refractivity contribution is -0.384. The third-order valence-electron chi connectivity index (χ3n) is 4.51. The van der Waals surface area contributed by atoms with E-state index in [9.17, 15) is 24.5 Å². The first-order valence-electron chi connectivity index (χ1n) is 9.29. The minimum absolute atomic E-state index is 0.0282. The standard InChI is InChI=1S/C22H17ClN2O7/c1-12-10-18(26)31-13(2)19(12)22(28)32-20(14-6-4-3-5-7-14)21(27)24-15-8-9-16(23)17(11-15)25(29)30/h3-11,20H,1-2H3,(H,24,27). The number of nitrogens with zero attached hydrogens (tertiary/aromatic N) is 1. The van der Waals surface area contributed by atoms with Crippen LogP contribution in [-0.4, -0.2) is 16.8 Å². The predicted molar refractivity (Wildman–Crippen MR) is 116 cm³/mol. The molecule has 9 nitrogen and oxygen atoms in total. The number of nitrogens with one attached hydrogen (secondary N) is 1. The summed E-state index contributed by atoms with van der Waals surface area (Å²) in [4.78, 5) is 47.8. The monoisotopic (exact) mass is 456 g/mol. The van der Waals surface area contributed by atoms with Crippen LogP contribution >= 0.6 is 11.6 Å². The molecule has 1 heterocycles. The molecule has 0 bridgehead atoms. The first kappa shape index (κ1) is 22.7. The molecule has 0 saturated heterocycles. The van der Waals surface area contributed by atoms with Crippen LogP contribution in [0.3, 0.4) is 0 Å². The van der Waals surface area contributed by atoms with Gasteiger partial charge >= 0.3 is 11.6 Å². The second kappa shape index (κ2) is 9.44. The smallest absolute Gasteiger partial charge is 0.342 e. The fourth-order valence-electron chi connectivity index (χ4n) is 3.07. The summed E-state index contributed by atoms with van der Waals surface area (Å²) >= 11 is 5.81. The van der Waals surface area contributed by atoms with E-state index in [1.165, 1.54) is 19.1 Å². The molecule has 1 N–H and O–H groups in total. The van der Waals surface area contributed by atoms with Crippen molar-refractivity contribution in [3.63, 3.8) is 0 Å². The van der Waals surface area contributed by atoms with Gasteiger partial charge in [-0.05, 0) is 31.5 Å². The highest BCUT2D eigenvalue weighted by Crippen LogP contribution is 2.29. The van der Waals surface area contributed by atoms with Gasteiger partial charge in [-0.15, -0.1) is 0 Å². The number of amides is 1. The van der Waals surface area contributed by atoms with Crippen LogP contribution in [0.25, 0.3) is 0 Å². The summed E-state index contributed by atoms with van der Waals surface area (Å²) in [6.45, 7) is 2.99. The van der Waals surface area contributed by atoms with Gasteiger partial charge in [-0.3, -0.25) is 14.9 Å². The maximum atomic E-state index is 13.0. The number of ether oxygens (including phenoxy) is 1. The van der Waals surface area contributed by atoms with E-state index in [4.69, 9.17) is 20.8 Å². The van der Waals surface area contributed by atoms with E-state index in [1.54, 1.807) is 37.3 Å². The Morgan fingerprint density at radius 3 is 2.44 bits per heavy atom. The molecule has 0 saturated carbocycles. The van der Waals surface area contributed by atoms with Gasteiger partial charge < -0.3 is 14.5 Å². The lowest BCUT2D eigenvalue weighted by Gasteiger charge is -2.19. The van der Waals surface area contributed by atoms with Gasteiger partial charge in [0, 0.05) is 23.4 Å². The zero-order chi connectivity index (χ0) is 23.4. The van der Waals surface area contributed by atoms with Gasteiger partial charge in [0.05, 0.1) is 4.92 Å². The lowest BCUT2D eigenvalue weighted by atomic mass is 10.1. The highest BCUT2D eigenvalue weighted by Gasteiger charge is 2.28. The van der Waals surface area contributed by atoms with Gasteiger partial charge in [-0.1, -0.05) is 41.9 Å². The Labute approximate surface area is 186 Å². The van der Waals surface area contributed by atoms with Crippen LogP contribution in [-0.2, 0) is 9.53 Å². The summed E-state index contributed by atoms with van der Waals surface area (Å²) in [5.74, 6) is -1.55. The molecular formula is C22H17ClN2O7. The molecule has 1 amide bonds.